The van der Waals surface area contributed by atoms with Crippen LogP contribution in [0.2, 0.25) is 0 Å². The Morgan fingerprint density at radius 3 is 2.30 bits per heavy atom. The van der Waals surface area contributed by atoms with E-state index in [9.17, 15) is 31.1 Å². The minimum absolute atomic E-state index is 0.0175. The zero-order valence-electron chi connectivity index (χ0n) is 18.2. The first-order valence-electron chi connectivity index (χ1n) is 10.2. The monoisotopic (exact) mass is 478 g/mol. The second-order valence-electron chi connectivity index (χ2n) is 8.75. The smallest absolute Gasteiger partial charge is 0.433 e. The van der Waals surface area contributed by atoms with E-state index in [-0.39, 0.29) is 29.2 Å². The molecule has 0 aliphatic carbocycles. The third-order valence-corrected chi connectivity index (χ3v) is 4.83. The van der Waals surface area contributed by atoms with Crippen LogP contribution in [0.3, 0.4) is 0 Å². The molecule has 1 amide bonds. The highest BCUT2D eigenvalue weighted by atomic mass is 19.4. The topological polar surface area (TPSA) is 66.5 Å². The number of anilines is 1. The number of hydrogen-bond donors (Lipinski definition) is 2. The fraction of sp³-hybridized carbons (Fsp3) is 0.524. The number of likely N-dealkylation sites (tertiary alicyclic amines) is 1. The van der Waals surface area contributed by atoms with Crippen LogP contribution in [0.15, 0.2) is 24.3 Å². The van der Waals surface area contributed by atoms with Crippen LogP contribution in [0, 0.1) is 0 Å². The summed E-state index contributed by atoms with van der Waals surface area (Å²) >= 11 is 0. The number of nitrogens with zero attached hydrogens (tertiary/aromatic N) is 2. The molecule has 1 fully saturated rings. The van der Waals surface area contributed by atoms with Crippen LogP contribution >= 0.6 is 0 Å². The van der Waals surface area contributed by atoms with Crippen LogP contribution in [0.5, 0.6) is 0 Å². The lowest BCUT2D eigenvalue weighted by atomic mass is 10.1. The van der Waals surface area contributed by atoms with Gasteiger partial charge in [-0.2, -0.15) is 26.3 Å². The molecular formula is C21H24F6N4O2. The fourth-order valence-corrected chi connectivity index (χ4v) is 3.25. The Balaban J connectivity index is 1.63. The van der Waals surface area contributed by atoms with Gasteiger partial charge in [-0.3, -0.25) is 0 Å². The summed E-state index contributed by atoms with van der Waals surface area (Å²) in [6.07, 6.45) is -9.81. The van der Waals surface area contributed by atoms with E-state index in [1.54, 1.807) is 20.8 Å². The number of nitrogens with one attached hydrogen (secondary N) is 2. The Bertz CT molecular complexity index is 1010. The lowest BCUT2D eigenvalue weighted by Gasteiger charge is -2.40. The zero-order chi connectivity index (χ0) is 24.6. The van der Waals surface area contributed by atoms with E-state index in [0.29, 0.717) is 31.8 Å². The van der Waals surface area contributed by atoms with Crippen LogP contribution in [0.1, 0.15) is 32.0 Å². The number of carbonyl (C=O) groups is 1. The molecule has 0 bridgehead atoms. The number of fused-ring (bicyclic) bond motifs is 1. The van der Waals surface area contributed by atoms with E-state index in [1.807, 2.05) is 0 Å². The van der Waals surface area contributed by atoms with E-state index in [4.69, 9.17) is 4.74 Å². The maximum Gasteiger partial charge on any atom is 0.433 e. The van der Waals surface area contributed by atoms with Gasteiger partial charge in [-0.05, 0) is 45.0 Å². The molecule has 33 heavy (non-hydrogen) atoms. The van der Waals surface area contributed by atoms with Crippen LogP contribution in [-0.4, -0.2) is 53.8 Å². The number of ether oxygens (including phenoxy) is 1. The van der Waals surface area contributed by atoms with Gasteiger partial charge in [-0.1, -0.05) is 0 Å². The van der Waals surface area contributed by atoms with Crippen molar-refractivity contribution in [1.82, 2.24) is 15.2 Å². The Hall–Kier alpha value is -2.76. The Morgan fingerprint density at radius 2 is 1.73 bits per heavy atom. The number of rotatable bonds is 5. The third-order valence-electron chi connectivity index (χ3n) is 4.83. The molecule has 0 atom stereocenters. The summed E-state index contributed by atoms with van der Waals surface area (Å²) in [5, 5.41) is 5.85. The number of benzene rings is 1. The number of aromatic nitrogens is 1. The van der Waals surface area contributed by atoms with Crippen LogP contribution < -0.4 is 10.6 Å². The number of carbonyl (C=O) groups excluding carboxylic acids is 1. The van der Waals surface area contributed by atoms with Gasteiger partial charge in [-0.25, -0.2) is 9.78 Å². The van der Waals surface area contributed by atoms with Gasteiger partial charge < -0.3 is 20.3 Å². The first kappa shape index (κ1) is 24.9. The average Bonchev–Trinajstić information content (AvgIpc) is 2.62. The Morgan fingerprint density at radius 1 is 1.06 bits per heavy atom. The fourth-order valence-electron chi connectivity index (χ4n) is 3.25. The molecule has 3 rings (SSSR count). The number of hydrogen-bond acceptors (Lipinski definition) is 5. The molecule has 0 saturated carbocycles. The number of amides is 1. The number of halogens is 6. The highest BCUT2D eigenvalue weighted by Crippen LogP contribution is 2.36. The van der Waals surface area contributed by atoms with Crippen LogP contribution in [0.25, 0.3) is 10.9 Å². The minimum atomic E-state index is -4.75. The average molecular weight is 478 g/mol. The predicted molar refractivity (Wildman–Crippen MR) is 110 cm³/mol. The van der Waals surface area contributed by atoms with Crippen LogP contribution in [0.4, 0.5) is 36.8 Å². The van der Waals surface area contributed by atoms with Crippen molar-refractivity contribution >= 4 is 22.7 Å². The maximum absolute atomic E-state index is 13.2. The largest absolute Gasteiger partial charge is 0.444 e. The molecule has 12 heteroatoms. The highest BCUT2D eigenvalue weighted by molar-refractivity contribution is 5.92. The summed E-state index contributed by atoms with van der Waals surface area (Å²) in [4.78, 5) is 16.9. The second-order valence-corrected chi connectivity index (χ2v) is 8.75. The Kier molecular flexibility index (Phi) is 6.69. The first-order chi connectivity index (χ1) is 15.1. The summed E-state index contributed by atoms with van der Waals surface area (Å²) in [5.41, 5.74) is -3.06. The van der Waals surface area contributed by atoms with Gasteiger partial charge in [0.2, 0.25) is 0 Å². The molecule has 1 aromatic carbocycles. The van der Waals surface area contributed by atoms with Gasteiger partial charge in [0.1, 0.15) is 11.3 Å². The summed E-state index contributed by atoms with van der Waals surface area (Å²) < 4.78 is 84.0. The van der Waals surface area contributed by atoms with Crippen molar-refractivity contribution in [3.05, 3.63) is 35.5 Å². The molecule has 0 spiro atoms. The summed E-state index contributed by atoms with van der Waals surface area (Å²) in [5.74, 6) is 0. The molecule has 2 heterocycles. The van der Waals surface area contributed by atoms with Crippen molar-refractivity contribution < 1.29 is 35.9 Å². The molecule has 6 nitrogen and oxygen atoms in total. The summed E-state index contributed by atoms with van der Waals surface area (Å²) in [7, 11) is 0. The molecule has 0 unspecified atom stereocenters. The third kappa shape index (κ3) is 6.40. The normalized spacial score (nSPS) is 15.5. The van der Waals surface area contributed by atoms with E-state index in [2.05, 4.69) is 15.6 Å². The van der Waals surface area contributed by atoms with E-state index in [0.717, 1.165) is 12.1 Å². The molecule has 2 aromatic rings. The van der Waals surface area contributed by atoms with Gasteiger partial charge >= 0.3 is 18.4 Å². The molecule has 1 aliphatic rings. The molecule has 1 saturated heterocycles. The van der Waals surface area contributed by atoms with E-state index in [1.165, 1.54) is 4.90 Å². The van der Waals surface area contributed by atoms with Gasteiger partial charge in [0.05, 0.1) is 11.1 Å². The van der Waals surface area contributed by atoms with Crippen molar-refractivity contribution in [3.63, 3.8) is 0 Å². The van der Waals surface area contributed by atoms with Gasteiger partial charge in [0.15, 0.2) is 0 Å². The first-order valence-corrected chi connectivity index (χ1v) is 10.2. The van der Waals surface area contributed by atoms with Gasteiger partial charge in [-0.15, -0.1) is 0 Å². The standard InChI is InChI=1S/C21H24F6N4O2/c1-19(2,3)33-18(32)31-10-13(11-31)28-6-7-29-16-9-17(21(25,26)27)30-15-5-4-12(8-14(15)16)20(22,23)24/h4-5,8-9,13,28H,6-7,10-11H2,1-3H3,(H,29,30). The van der Waals surface area contributed by atoms with E-state index >= 15 is 0 Å². The van der Waals surface area contributed by atoms with Crippen molar-refractivity contribution in [2.45, 2.75) is 44.8 Å². The second kappa shape index (κ2) is 8.88. The van der Waals surface area contributed by atoms with Crippen molar-refractivity contribution in [1.29, 1.82) is 0 Å². The quantitative estimate of drug-likeness (QED) is 0.473. The number of pyridine rings is 1. The molecular weight excluding hydrogens is 454 g/mol. The van der Waals surface area contributed by atoms with Gasteiger partial charge in [0, 0.05) is 43.3 Å². The molecule has 1 aromatic heterocycles. The lowest BCUT2D eigenvalue weighted by Crippen LogP contribution is -2.61. The molecule has 1 aliphatic heterocycles. The van der Waals surface area contributed by atoms with Gasteiger partial charge in [0.25, 0.3) is 0 Å². The SMILES string of the molecule is CC(C)(C)OC(=O)N1CC(NCCNc2cc(C(F)(F)F)nc3ccc(C(F)(F)F)cc23)C1. The minimum Gasteiger partial charge on any atom is -0.444 e. The molecule has 2 N–H and O–H groups in total. The predicted octanol–water partition coefficient (Wildman–Crippen LogP) is 4.89. The van der Waals surface area contributed by atoms with Crippen molar-refractivity contribution in [2.75, 3.05) is 31.5 Å². The zero-order valence-corrected chi connectivity index (χ0v) is 18.2. The number of alkyl halides is 6. The molecule has 0 radical (unpaired) electrons. The summed E-state index contributed by atoms with van der Waals surface area (Å²) in [6, 6.07) is 3.10. The van der Waals surface area contributed by atoms with Crippen molar-refractivity contribution in [2.24, 2.45) is 0 Å². The highest BCUT2D eigenvalue weighted by Gasteiger charge is 2.35. The maximum atomic E-state index is 13.2. The van der Waals surface area contributed by atoms with Crippen molar-refractivity contribution in [3.8, 4) is 0 Å². The summed E-state index contributed by atoms with van der Waals surface area (Å²) in [6.45, 7) is 6.58. The molecule has 182 valence electrons. The van der Waals surface area contributed by atoms with E-state index < -0.39 is 35.3 Å². The van der Waals surface area contributed by atoms with Crippen LogP contribution in [-0.2, 0) is 17.1 Å². The lowest BCUT2D eigenvalue weighted by molar-refractivity contribution is -0.141. The Labute approximate surface area is 186 Å².